The zero-order chi connectivity index (χ0) is 18.8. The number of halogens is 2. The number of ether oxygens (including phenoxy) is 1. The predicted molar refractivity (Wildman–Crippen MR) is 104 cm³/mol. The lowest BCUT2D eigenvalue weighted by Crippen LogP contribution is -2.00. The van der Waals surface area contributed by atoms with Crippen molar-refractivity contribution in [1.29, 1.82) is 0 Å². The minimum atomic E-state index is -0.407. The number of rotatable bonds is 4. The van der Waals surface area contributed by atoms with Gasteiger partial charge in [0.05, 0.1) is 23.3 Å². The van der Waals surface area contributed by atoms with Gasteiger partial charge < -0.3 is 10.1 Å². The maximum absolute atomic E-state index is 13.4. The Hall–Kier alpha value is -3.25. The van der Waals surface area contributed by atoms with Gasteiger partial charge in [0.2, 0.25) is 0 Å². The van der Waals surface area contributed by atoms with Gasteiger partial charge in [0.25, 0.3) is 0 Å². The molecule has 0 aliphatic carbocycles. The third kappa shape index (κ3) is 3.52. The van der Waals surface area contributed by atoms with Crippen LogP contribution in [0.2, 0.25) is 5.02 Å². The maximum atomic E-state index is 13.4. The van der Waals surface area contributed by atoms with Gasteiger partial charge in [0.1, 0.15) is 17.4 Å². The van der Waals surface area contributed by atoms with E-state index in [2.05, 4.69) is 20.3 Å². The van der Waals surface area contributed by atoms with Crippen molar-refractivity contribution < 1.29 is 9.13 Å². The second-order valence-corrected chi connectivity index (χ2v) is 6.18. The van der Waals surface area contributed by atoms with E-state index in [-0.39, 0.29) is 5.02 Å². The van der Waals surface area contributed by atoms with Crippen LogP contribution in [0.15, 0.2) is 60.9 Å². The standard InChI is InChI=1S/C20H14ClFN4O/c1-27-14-5-7-17-15(10-14)20(25-18-6-4-13(22)9-16(18)21)26-19(24-17)12-3-2-8-23-11-12/h2-11H,1H3,(H,24,25,26). The summed E-state index contributed by atoms with van der Waals surface area (Å²) in [5, 5.41) is 4.19. The molecule has 0 saturated heterocycles. The smallest absolute Gasteiger partial charge is 0.163 e. The third-order valence-electron chi connectivity index (χ3n) is 4.01. The fourth-order valence-corrected chi connectivity index (χ4v) is 2.89. The third-order valence-corrected chi connectivity index (χ3v) is 4.32. The molecule has 134 valence electrons. The summed E-state index contributed by atoms with van der Waals surface area (Å²) in [6.45, 7) is 0. The number of fused-ring (bicyclic) bond motifs is 1. The molecule has 4 aromatic rings. The molecule has 0 saturated carbocycles. The van der Waals surface area contributed by atoms with Crippen molar-refractivity contribution in [2.75, 3.05) is 12.4 Å². The van der Waals surface area contributed by atoms with Crippen LogP contribution in [0.5, 0.6) is 5.75 Å². The molecule has 0 unspecified atom stereocenters. The van der Waals surface area contributed by atoms with E-state index in [1.165, 1.54) is 12.1 Å². The molecule has 2 aromatic heterocycles. The van der Waals surface area contributed by atoms with Crippen molar-refractivity contribution in [1.82, 2.24) is 15.0 Å². The van der Waals surface area contributed by atoms with Crippen LogP contribution in [-0.2, 0) is 0 Å². The minimum absolute atomic E-state index is 0.257. The van der Waals surface area contributed by atoms with Crippen molar-refractivity contribution in [3.63, 3.8) is 0 Å². The van der Waals surface area contributed by atoms with E-state index < -0.39 is 5.82 Å². The molecule has 5 nitrogen and oxygen atoms in total. The molecule has 0 spiro atoms. The van der Waals surface area contributed by atoms with Crippen LogP contribution in [0, 0.1) is 5.82 Å². The lowest BCUT2D eigenvalue weighted by molar-refractivity contribution is 0.415. The Morgan fingerprint density at radius 2 is 1.96 bits per heavy atom. The largest absolute Gasteiger partial charge is 0.497 e. The van der Waals surface area contributed by atoms with Gasteiger partial charge in [-0.05, 0) is 48.5 Å². The van der Waals surface area contributed by atoms with Crippen LogP contribution in [0.25, 0.3) is 22.3 Å². The summed E-state index contributed by atoms with van der Waals surface area (Å²) < 4.78 is 18.7. The molecule has 27 heavy (non-hydrogen) atoms. The predicted octanol–water partition coefficient (Wildman–Crippen LogP) is 5.24. The van der Waals surface area contributed by atoms with Gasteiger partial charge in [-0.1, -0.05) is 11.6 Å². The molecule has 0 atom stereocenters. The molecular formula is C20H14ClFN4O. The Bertz CT molecular complexity index is 1120. The van der Waals surface area contributed by atoms with Gasteiger partial charge in [-0.2, -0.15) is 0 Å². The quantitative estimate of drug-likeness (QED) is 0.525. The second kappa shape index (κ2) is 7.17. The Balaban J connectivity index is 1.89. The second-order valence-electron chi connectivity index (χ2n) is 5.77. The molecule has 0 bridgehead atoms. The van der Waals surface area contributed by atoms with Crippen molar-refractivity contribution in [2.24, 2.45) is 0 Å². The van der Waals surface area contributed by atoms with Gasteiger partial charge in [-0.25, -0.2) is 14.4 Å². The van der Waals surface area contributed by atoms with E-state index in [1.54, 1.807) is 25.6 Å². The lowest BCUT2D eigenvalue weighted by atomic mass is 10.2. The first kappa shape index (κ1) is 17.2. The summed E-state index contributed by atoms with van der Waals surface area (Å²) in [6, 6.07) is 13.4. The highest BCUT2D eigenvalue weighted by molar-refractivity contribution is 6.33. The van der Waals surface area contributed by atoms with Crippen LogP contribution in [-0.4, -0.2) is 22.1 Å². The zero-order valence-corrected chi connectivity index (χ0v) is 15.0. The van der Waals surface area contributed by atoms with Crippen LogP contribution in [0.3, 0.4) is 0 Å². The molecular weight excluding hydrogens is 367 g/mol. The number of benzene rings is 2. The molecule has 1 N–H and O–H groups in total. The van der Waals surface area contributed by atoms with Crippen LogP contribution in [0.1, 0.15) is 0 Å². The number of aromatic nitrogens is 3. The molecule has 7 heteroatoms. The first-order valence-corrected chi connectivity index (χ1v) is 8.50. The average Bonchev–Trinajstić information content (AvgIpc) is 2.70. The summed E-state index contributed by atoms with van der Waals surface area (Å²) in [7, 11) is 1.59. The monoisotopic (exact) mass is 380 g/mol. The van der Waals surface area contributed by atoms with Crippen molar-refractivity contribution in [2.45, 2.75) is 0 Å². The summed E-state index contributed by atoms with van der Waals surface area (Å²) >= 11 is 6.17. The van der Waals surface area contributed by atoms with Crippen LogP contribution < -0.4 is 10.1 Å². The fourth-order valence-electron chi connectivity index (χ4n) is 2.67. The van der Waals surface area contributed by atoms with Gasteiger partial charge in [0.15, 0.2) is 5.82 Å². The molecule has 0 aliphatic heterocycles. The summed E-state index contributed by atoms with van der Waals surface area (Å²) in [5.74, 6) is 1.32. The topological polar surface area (TPSA) is 59.9 Å². The van der Waals surface area contributed by atoms with E-state index in [9.17, 15) is 4.39 Å². The first-order chi connectivity index (χ1) is 13.1. The van der Waals surface area contributed by atoms with E-state index in [4.69, 9.17) is 16.3 Å². The number of hydrogen-bond donors (Lipinski definition) is 1. The van der Waals surface area contributed by atoms with Gasteiger partial charge in [-0.15, -0.1) is 0 Å². The normalized spacial score (nSPS) is 10.8. The Morgan fingerprint density at radius 1 is 1.07 bits per heavy atom. The van der Waals surface area contributed by atoms with E-state index in [0.717, 1.165) is 16.5 Å². The molecule has 0 aliphatic rings. The number of pyridine rings is 1. The molecule has 0 amide bonds. The summed E-state index contributed by atoms with van der Waals surface area (Å²) in [5.41, 5.74) is 2.05. The highest BCUT2D eigenvalue weighted by Gasteiger charge is 2.12. The number of methoxy groups -OCH3 is 1. The van der Waals surface area contributed by atoms with Crippen LogP contribution >= 0.6 is 11.6 Å². The molecule has 4 rings (SSSR count). The summed E-state index contributed by atoms with van der Waals surface area (Å²) in [4.78, 5) is 13.4. The van der Waals surface area contributed by atoms with E-state index >= 15 is 0 Å². The molecule has 0 fully saturated rings. The fraction of sp³-hybridized carbons (Fsp3) is 0.0500. The van der Waals surface area contributed by atoms with Gasteiger partial charge >= 0.3 is 0 Å². The minimum Gasteiger partial charge on any atom is -0.497 e. The van der Waals surface area contributed by atoms with Gasteiger partial charge in [-0.3, -0.25) is 4.98 Å². The van der Waals surface area contributed by atoms with Crippen molar-refractivity contribution in [3.05, 3.63) is 71.8 Å². The van der Waals surface area contributed by atoms with E-state index in [0.29, 0.717) is 23.1 Å². The number of nitrogens with zero attached hydrogens (tertiary/aromatic N) is 3. The van der Waals surface area contributed by atoms with Crippen molar-refractivity contribution in [3.8, 4) is 17.1 Å². The Kier molecular flexibility index (Phi) is 4.56. The van der Waals surface area contributed by atoms with Crippen LogP contribution in [0.4, 0.5) is 15.9 Å². The SMILES string of the molecule is COc1ccc2nc(-c3cccnc3)nc(Nc3ccc(F)cc3Cl)c2c1. The summed E-state index contributed by atoms with van der Waals surface area (Å²) in [6.07, 6.45) is 3.38. The first-order valence-electron chi connectivity index (χ1n) is 8.12. The Labute approximate surface area is 159 Å². The highest BCUT2D eigenvalue weighted by Crippen LogP contribution is 2.32. The number of anilines is 2. The maximum Gasteiger partial charge on any atom is 0.163 e. The average molecular weight is 381 g/mol. The number of nitrogens with one attached hydrogen (secondary N) is 1. The van der Waals surface area contributed by atoms with E-state index in [1.807, 2.05) is 30.3 Å². The Morgan fingerprint density at radius 3 is 2.70 bits per heavy atom. The molecule has 2 heterocycles. The van der Waals surface area contributed by atoms with Gasteiger partial charge in [0, 0.05) is 23.3 Å². The molecule has 0 radical (unpaired) electrons. The lowest BCUT2D eigenvalue weighted by Gasteiger charge is -2.13. The highest BCUT2D eigenvalue weighted by atomic mass is 35.5. The number of hydrogen-bond acceptors (Lipinski definition) is 5. The molecule has 2 aromatic carbocycles. The zero-order valence-electron chi connectivity index (χ0n) is 14.3. The van der Waals surface area contributed by atoms with Crippen molar-refractivity contribution >= 4 is 34.0 Å².